The number of ether oxygens (including phenoxy) is 2. The van der Waals surface area contributed by atoms with Gasteiger partial charge in [-0.15, -0.1) is 0 Å². The van der Waals surface area contributed by atoms with Gasteiger partial charge in [-0.1, -0.05) is 56.8 Å². The molecule has 0 spiro atoms. The lowest BCUT2D eigenvalue weighted by Gasteiger charge is -2.24. The number of ketones is 2. The van der Waals surface area contributed by atoms with Gasteiger partial charge >= 0.3 is 0 Å². The molecule has 0 bridgehead atoms. The molecule has 1 aliphatic carbocycles. The van der Waals surface area contributed by atoms with Crippen LogP contribution in [0, 0.1) is 0 Å². The molecule has 0 saturated heterocycles. The molecule has 0 radical (unpaired) electrons. The van der Waals surface area contributed by atoms with Crippen molar-refractivity contribution in [2.24, 2.45) is 0 Å². The first-order valence-electron chi connectivity index (χ1n) is 9.81. The van der Waals surface area contributed by atoms with E-state index < -0.39 is 0 Å². The van der Waals surface area contributed by atoms with Crippen molar-refractivity contribution in [2.75, 3.05) is 13.7 Å². The summed E-state index contributed by atoms with van der Waals surface area (Å²) in [4.78, 5) is 26.7. The number of methoxy groups -OCH3 is 1. The number of allylic oxidation sites excluding steroid dienone is 1. The summed E-state index contributed by atoms with van der Waals surface area (Å²) in [6, 6.07) is 8.67. The van der Waals surface area contributed by atoms with Crippen LogP contribution in [0.2, 0.25) is 0 Å². The first-order chi connectivity index (χ1) is 13.9. The number of benzene rings is 2. The zero-order chi connectivity index (χ0) is 21.1. The van der Waals surface area contributed by atoms with Crippen LogP contribution in [0.3, 0.4) is 0 Å². The van der Waals surface area contributed by atoms with Crippen LogP contribution < -0.4 is 9.47 Å². The van der Waals surface area contributed by atoms with Crippen LogP contribution in [0.25, 0.3) is 0 Å². The lowest BCUT2D eigenvalue weighted by molar-refractivity contribution is 0.0973. The number of hydrogen-bond donors (Lipinski definition) is 0. The Labute approximate surface area is 171 Å². The second kappa shape index (κ2) is 8.48. The standard InChI is InChI=1S/C25H26O4/c1-6-15(3)12-17-13-20(29-14-16(4)7-2)21-22(25(17)28-5)24(27)19-11-9-8-10-18(19)23(21)26/h8-11,13H,3-4,6-7,12,14H2,1-2,5H3. The van der Waals surface area contributed by atoms with E-state index in [9.17, 15) is 9.59 Å². The van der Waals surface area contributed by atoms with Crippen molar-refractivity contribution in [3.63, 3.8) is 0 Å². The van der Waals surface area contributed by atoms with Gasteiger partial charge in [0, 0.05) is 16.7 Å². The summed E-state index contributed by atoms with van der Waals surface area (Å²) in [7, 11) is 1.52. The fourth-order valence-corrected chi connectivity index (χ4v) is 3.44. The Morgan fingerprint density at radius 3 is 2.07 bits per heavy atom. The summed E-state index contributed by atoms with van der Waals surface area (Å²) in [6.45, 7) is 12.4. The summed E-state index contributed by atoms with van der Waals surface area (Å²) < 4.78 is 11.6. The second-order valence-corrected chi connectivity index (χ2v) is 7.19. The van der Waals surface area contributed by atoms with Crippen molar-refractivity contribution in [2.45, 2.75) is 33.1 Å². The summed E-state index contributed by atoms with van der Waals surface area (Å²) in [5, 5.41) is 0. The summed E-state index contributed by atoms with van der Waals surface area (Å²) in [5.74, 6) is 0.355. The molecule has 150 valence electrons. The third-order valence-electron chi connectivity index (χ3n) is 5.27. The van der Waals surface area contributed by atoms with Crippen LogP contribution in [-0.4, -0.2) is 25.3 Å². The zero-order valence-corrected chi connectivity index (χ0v) is 17.3. The van der Waals surface area contributed by atoms with E-state index in [0.29, 0.717) is 29.0 Å². The number of hydrogen-bond acceptors (Lipinski definition) is 4. The van der Waals surface area contributed by atoms with Crippen molar-refractivity contribution >= 4 is 11.6 Å². The van der Waals surface area contributed by atoms with E-state index in [0.717, 1.165) is 29.6 Å². The highest BCUT2D eigenvalue weighted by molar-refractivity contribution is 6.30. The van der Waals surface area contributed by atoms with E-state index >= 15 is 0 Å². The van der Waals surface area contributed by atoms with Gasteiger partial charge in [-0.05, 0) is 30.9 Å². The molecule has 0 fully saturated rings. The van der Waals surface area contributed by atoms with Crippen molar-refractivity contribution < 1.29 is 19.1 Å². The summed E-state index contributed by atoms with van der Waals surface area (Å²) in [5.41, 5.74) is 4.01. The van der Waals surface area contributed by atoms with Gasteiger partial charge < -0.3 is 9.47 Å². The van der Waals surface area contributed by atoms with Crippen LogP contribution >= 0.6 is 0 Å². The van der Waals surface area contributed by atoms with Crippen LogP contribution in [0.1, 0.15) is 64.1 Å². The molecule has 0 amide bonds. The van der Waals surface area contributed by atoms with Gasteiger partial charge in [-0.3, -0.25) is 9.59 Å². The average molecular weight is 390 g/mol. The molecule has 0 heterocycles. The van der Waals surface area contributed by atoms with Crippen LogP contribution in [-0.2, 0) is 6.42 Å². The van der Waals surface area contributed by atoms with Crippen LogP contribution in [0.5, 0.6) is 11.5 Å². The average Bonchev–Trinajstić information content (AvgIpc) is 2.74. The van der Waals surface area contributed by atoms with E-state index in [1.165, 1.54) is 7.11 Å². The molecule has 0 atom stereocenters. The van der Waals surface area contributed by atoms with Crippen molar-refractivity contribution in [3.05, 3.63) is 82.5 Å². The number of carbonyl (C=O) groups excluding carboxylic acids is 2. The Kier molecular flexibility index (Phi) is 6.02. The molecule has 0 N–H and O–H groups in total. The first-order valence-corrected chi connectivity index (χ1v) is 9.81. The Balaban J connectivity index is 2.24. The van der Waals surface area contributed by atoms with Gasteiger partial charge in [0.05, 0.1) is 18.2 Å². The quantitative estimate of drug-likeness (QED) is 0.488. The Hall–Kier alpha value is -3.14. The van der Waals surface area contributed by atoms with Crippen molar-refractivity contribution in [1.29, 1.82) is 0 Å². The lowest BCUT2D eigenvalue weighted by atomic mass is 9.81. The SMILES string of the molecule is C=C(CC)COc1cc(CC(=C)CC)c(OC)c2c1C(=O)c1ccccc1C2=O. The lowest BCUT2D eigenvalue weighted by Crippen LogP contribution is -2.23. The number of fused-ring (bicyclic) bond motifs is 2. The Morgan fingerprint density at radius 2 is 1.52 bits per heavy atom. The minimum absolute atomic E-state index is 0.227. The Morgan fingerprint density at radius 1 is 0.931 bits per heavy atom. The highest BCUT2D eigenvalue weighted by atomic mass is 16.5. The molecule has 4 nitrogen and oxygen atoms in total. The molecule has 2 aromatic carbocycles. The molecule has 1 aliphatic rings. The fraction of sp³-hybridized carbons (Fsp3) is 0.280. The molecule has 29 heavy (non-hydrogen) atoms. The van der Waals surface area contributed by atoms with E-state index in [-0.39, 0.29) is 29.3 Å². The summed E-state index contributed by atoms with van der Waals surface area (Å²) >= 11 is 0. The van der Waals surface area contributed by atoms with Crippen LogP contribution in [0.4, 0.5) is 0 Å². The third-order valence-corrected chi connectivity index (χ3v) is 5.27. The van der Waals surface area contributed by atoms with E-state index in [4.69, 9.17) is 9.47 Å². The van der Waals surface area contributed by atoms with Crippen molar-refractivity contribution in [1.82, 2.24) is 0 Å². The van der Waals surface area contributed by atoms with Gasteiger partial charge in [-0.25, -0.2) is 0 Å². The minimum Gasteiger partial charge on any atom is -0.496 e. The minimum atomic E-state index is -0.230. The van der Waals surface area contributed by atoms with Gasteiger partial charge in [0.25, 0.3) is 0 Å². The van der Waals surface area contributed by atoms with Gasteiger partial charge in [0.15, 0.2) is 11.6 Å². The fourth-order valence-electron chi connectivity index (χ4n) is 3.44. The molecule has 3 rings (SSSR count). The largest absolute Gasteiger partial charge is 0.496 e. The first kappa shape index (κ1) is 20.6. The molecule has 2 aromatic rings. The van der Waals surface area contributed by atoms with Gasteiger partial charge in [0.1, 0.15) is 18.1 Å². The molecule has 0 unspecified atom stereocenters. The second-order valence-electron chi connectivity index (χ2n) is 7.19. The van der Waals surface area contributed by atoms with E-state index in [1.807, 2.05) is 13.8 Å². The molecule has 0 aliphatic heterocycles. The predicted octanol–water partition coefficient (Wildman–Crippen LogP) is 5.32. The maximum Gasteiger partial charge on any atom is 0.198 e. The van der Waals surface area contributed by atoms with Crippen molar-refractivity contribution in [3.8, 4) is 11.5 Å². The zero-order valence-electron chi connectivity index (χ0n) is 17.3. The monoisotopic (exact) mass is 390 g/mol. The maximum absolute atomic E-state index is 13.4. The van der Waals surface area contributed by atoms with Crippen LogP contribution in [0.15, 0.2) is 54.6 Å². The predicted molar refractivity (Wildman–Crippen MR) is 114 cm³/mol. The topological polar surface area (TPSA) is 52.6 Å². The summed E-state index contributed by atoms with van der Waals surface area (Å²) in [6.07, 6.45) is 2.12. The molecule has 0 saturated carbocycles. The number of rotatable bonds is 8. The highest BCUT2D eigenvalue weighted by Gasteiger charge is 2.36. The normalized spacial score (nSPS) is 12.2. The molecule has 4 heteroatoms. The molecular formula is C25H26O4. The van der Waals surface area contributed by atoms with E-state index in [1.54, 1.807) is 30.3 Å². The smallest absolute Gasteiger partial charge is 0.198 e. The molecular weight excluding hydrogens is 364 g/mol. The van der Waals surface area contributed by atoms with Gasteiger partial charge in [0.2, 0.25) is 0 Å². The van der Waals surface area contributed by atoms with Gasteiger partial charge in [-0.2, -0.15) is 0 Å². The third kappa shape index (κ3) is 3.75. The number of carbonyl (C=O) groups is 2. The maximum atomic E-state index is 13.4. The molecule has 0 aromatic heterocycles. The Bertz CT molecular complexity index is 1010. The van der Waals surface area contributed by atoms with E-state index in [2.05, 4.69) is 13.2 Å². The highest BCUT2D eigenvalue weighted by Crippen LogP contribution is 2.42.